The van der Waals surface area contributed by atoms with Crippen LogP contribution in [0.3, 0.4) is 0 Å². The summed E-state index contributed by atoms with van der Waals surface area (Å²) in [5, 5.41) is 20.8. The Hall–Kier alpha value is -1.83. The van der Waals surface area contributed by atoms with Crippen LogP contribution in [-0.2, 0) is 9.59 Å². The van der Waals surface area contributed by atoms with Gasteiger partial charge in [0.2, 0.25) is 5.91 Å². The zero-order valence-corrected chi connectivity index (χ0v) is 13.0. The van der Waals surface area contributed by atoms with E-state index >= 15 is 0 Å². The van der Waals surface area contributed by atoms with Gasteiger partial charge in [-0.15, -0.1) is 0 Å². The lowest BCUT2D eigenvalue weighted by molar-refractivity contribution is -0.141. The minimum absolute atomic E-state index is 0.0748. The van der Waals surface area contributed by atoms with Gasteiger partial charge in [-0.25, -0.2) is 4.79 Å². The molecular formula is C13H25N3O5. The molecule has 8 nitrogen and oxygen atoms in total. The van der Waals surface area contributed by atoms with E-state index in [1.807, 2.05) is 13.8 Å². The molecule has 0 radical (unpaired) electrons. The first-order valence-corrected chi connectivity index (χ1v) is 6.83. The Morgan fingerprint density at radius 3 is 2.14 bits per heavy atom. The number of rotatable bonds is 8. The van der Waals surface area contributed by atoms with E-state index in [0.717, 1.165) is 0 Å². The fourth-order valence-corrected chi connectivity index (χ4v) is 1.74. The maximum atomic E-state index is 11.8. The molecule has 122 valence electrons. The third kappa shape index (κ3) is 7.50. The summed E-state index contributed by atoms with van der Waals surface area (Å²) in [6.07, 6.45) is -0.477. The Labute approximate surface area is 124 Å². The zero-order valence-electron chi connectivity index (χ0n) is 13.0. The molecule has 0 spiro atoms. The largest absolute Gasteiger partial charge is 0.481 e. The van der Waals surface area contributed by atoms with Gasteiger partial charge >= 0.3 is 12.0 Å². The highest BCUT2D eigenvalue weighted by Gasteiger charge is 2.26. The first kappa shape index (κ1) is 19.2. The van der Waals surface area contributed by atoms with Gasteiger partial charge in [-0.1, -0.05) is 0 Å². The lowest BCUT2D eigenvalue weighted by Crippen LogP contribution is -2.49. The van der Waals surface area contributed by atoms with Crippen LogP contribution in [0.2, 0.25) is 0 Å². The average molecular weight is 303 g/mol. The van der Waals surface area contributed by atoms with Gasteiger partial charge in [-0.2, -0.15) is 0 Å². The van der Waals surface area contributed by atoms with Crippen molar-refractivity contribution in [2.45, 2.75) is 32.8 Å². The van der Waals surface area contributed by atoms with Crippen molar-refractivity contribution >= 4 is 17.9 Å². The predicted molar refractivity (Wildman–Crippen MR) is 76.8 cm³/mol. The van der Waals surface area contributed by atoms with Gasteiger partial charge in [0.1, 0.15) is 6.54 Å². The van der Waals surface area contributed by atoms with Crippen molar-refractivity contribution in [3.05, 3.63) is 0 Å². The molecule has 0 heterocycles. The highest BCUT2D eigenvalue weighted by atomic mass is 16.4. The van der Waals surface area contributed by atoms with Gasteiger partial charge in [0.05, 0.1) is 12.0 Å². The number of aliphatic hydroxyl groups is 1. The summed E-state index contributed by atoms with van der Waals surface area (Å²) in [6, 6.07) is -0.541. The molecule has 0 aliphatic rings. The molecule has 0 fully saturated rings. The van der Waals surface area contributed by atoms with E-state index in [9.17, 15) is 19.5 Å². The number of carbonyl (C=O) groups excluding carboxylic acids is 2. The van der Waals surface area contributed by atoms with E-state index in [2.05, 4.69) is 5.32 Å². The molecule has 0 aromatic heterocycles. The molecule has 0 aromatic carbocycles. The average Bonchev–Trinajstić information content (AvgIpc) is 2.35. The summed E-state index contributed by atoms with van der Waals surface area (Å²) in [5.74, 6) is -1.32. The fourth-order valence-electron chi connectivity index (χ4n) is 1.74. The molecule has 8 heteroatoms. The summed E-state index contributed by atoms with van der Waals surface area (Å²) in [7, 11) is 1.46. The molecule has 3 amide bonds. The number of likely N-dealkylation sites (N-methyl/N-ethyl adjacent to an activating group) is 2. The Morgan fingerprint density at radius 2 is 1.71 bits per heavy atom. The van der Waals surface area contributed by atoms with Crippen LogP contribution in [0.1, 0.15) is 27.2 Å². The highest BCUT2D eigenvalue weighted by Crippen LogP contribution is 2.07. The molecule has 0 saturated heterocycles. The van der Waals surface area contributed by atoms with Crippen molar-refractivity contribution < 1.29 is 24.6 Å². The monoisotopic (exact) mass is 303 g/mol. The Morgan fingerprint density at radius 1 is 1.19 bits per heavy atom. The number of hydrogen-bond donors (Lipinski definition) is 3. The molecular weight excluding hydrogens is 278 g/mol. The smallest absolute Gasteiger partial charge is 0.317 e. The number of nitrogens with zero attached hydrogens (tertiary/aromatic N) is 2. The predicted octanol–water partition coefficient (Wildman–Crippen LogP) is -0.278. The van der Waals surface area contributed by atoms with Gasteiger partial charge in [0, 0.05) is 26.7 Å². The molecule has 0 rings (SSSR count). The SMILES string of the molecule is CCN(CC)C(=O)CN(C)C(=O)NCC(C)(O)CC(=O)O. The van der Waals surface area contributed by atoms with Crippen molar-refractivity contribution in [2.24, 2.45) is 0 Å². The van der Waals surface area contributed by atoms with Crippen LogP contribution in [0.4, 0.5) is 4.79 Å². The number of hydrogen-bond acceptors (Lipinski definition) is 4. The molecule has 0 aliphatic carbocycles. The second-order valence-corrected chi connectivity index (χ2v) is 5.15. The maximum Gasteiger partial charge on any atom is 0.317 e. The van der Waals surface area contributed by atoms with Crippen LogP contribution in [-0.4, -0.2) is 76.7 Å². The van der Waals surface area contributed by atoms with Crippen LogP contribution >= 0.6 is 0 Å². The molecule has 0 saturated carbocycles. The molecule has 0 bridgehead atoms. The third-order valence-electron chi connectivity index (χ3n) is 2.99. The van der Waals surface area contributed by atoms with E-state index in [-0.39, 0.29) is 19.0 Å². The van der Waals surface area contributed by atoms with E-state index < -0.39 is 24.0 Å². The van der Waals surface area contributed by atoms with Crippen molar-refractivity contribution in [3.63, 3.8) is 0 Å². The van der Waals surface area contributed by atoms with Crippen LogP contribution in [0.15, 0.2) is 0 Å². The summed E-state index contributed by atoms with van der Waals surface area (Å²) >= 11 is 0. The van der Waals surface area contributed by atoms with Gasteiger partial charge in [0.25, 0.3) is 0 Å². The van der Waals surface area contributed by atoms with Gasteiger partial charge in [-0.05, 0) is 20.8 Å². The number of carboxylic acid groups (broad SMARTS) is 1. The molecule has 1 atom stereocenters. The van der Waals surface area contributed by atoms with E-state index in [0.29, 0.717) is 13.1 Å². The van der Waals surface area contributed by atoms with E-state index in [1.165, 1.54) is 18.9 Å². The topological polar surface area (TPSA) is 110 Å². The van der Waals surface area contributed by atoms with Gasteiger partial charge in [-0.3, -0.25) is 9.59 Å². The second kappa shape index (κ2) is 8.46. The number of nitrogens with one attached hydrogen (secondary N) is 1. The lowest BCUT2D eigenvalue weighted by Gasteiger charge is -2.26. The molecule has 1 unspecified atom stereocenters. The maximum absolute atomic E-state index is 11.8. The summed E-state index contributed by atoms with van der Waals surface area (Å²) in [5.41, 5.74) is -1.54. The fraction of sp³-hybridized carbons (Fsp3) is 0.769. The summed E-state index contributed by atoms with van der Waals surface area (Å²) in [4.78, 5) is 37.0. The first-order valence-electron chi connectivity index (χ1n) is 6.83. The molecule has 21 heavy (non-hydrogen) atoms. The molecule has 3 N–H and O–H groups in total. The number of urea groups is 1. The standard InChI is InChI=1S/C13H25N3O5/c1-5-16(6-2)10(17)8-15(4)12(20)14-9-13(3,21)7-11(18)19/h21H,5-9H2,1-4H3,(H,14,20)(H,18,19). The first-order chi connectivity index (χ1) is 9.62. The van der Waals surface area contributed by atoms with Gasteiger partial charge in [0.15, 0.2) is 0 Å². The molecule has 0 aromatic rings. The van der Waals surface area contributed by atoms with Crippen LogP contribution in [0.5, 0.6) is 0 Å². The zero-order chi connectivity index (χ0) is 16.6. The van der Waals surface area contributed by atoms with Crippen LogP contribution < -0.4 is 5.32 Å². The van der Waals surface area contributed by atoms with Crippen molar-refractivity contribution in [2.75, 3.05) is 33.2 Å². The van der Waals surface area contributed by atoms with E-state index in [1.54, 1.807) is 4.90 Å². The van der Waals surface area contributed by atoms with Crippen LogP contribution in [0, 0.1) is 0 Å². The number of amides is 3. The second-order valence-electron chi connectivity index (χ2n) is 5.15. The Kier molecular flexibility index (Phi) is 7.72. The Balaban J connectivity index is 4.34. The van der Waals surface area contributed by atoms with Crippen molar-refractivity contribution in [1.29, 1.82) is 0 Å². The summed E-state index contributed by atoms with van der Waals surface area (Å²) < 4.78 is 0. The van der Waals surface area contributed by atoms with Crippen LogP contribution in [0.25, 0.3) is 0 Å². The minimum Gasteiger partial charge on any atom is -0.481 e. The van der Waals surface area contributed by atoms with Crippen molar-refractivity contribution in [1.82, 2.24) is 15.1 Å². The summed E-state index contributed by atoms with van der Waals surface area (Å²) in [6.45, 7) is 5.88. The van der Waals surface area contributed by atoms with Gasteiger partial charge < -0.3 is 25.3 Å². The van der Waals surface area contributed by atoms with E-state index in [4.69, 9.17) is 5.11 Å². The highest BCUT2D eigenvalue weighted by molar-refractivity contribution is 5.84. The lowest BCUT2D eigenvalue weighted by atomic mass is 10.0. The number of carboxylic acids is 1. The molecule has 0 aliphatic heterocycles. The minimum atomic E-state index is -1.54. The Bertz CT molecular complexity index is 380. The normalized spacial score (nSPS) is 13.2. The number of aliphatic carboxylic acids is 1. The number of carbonyl (C=O) groups is 3. The third-order valence-corrected chi connectivity index (χ3v) is 2.99. The van der Waals surface area contributed by atoms with Crippen molar-refractivity contribution in [3.8, 4) is 0 Å². The quantitative estimate of drug-likeness (QED) is 0.571.